The van der Waals surface area contributed by atoms with E-state index < -0.39 is 0 Å². The molecule has 2 nitrogen and oxygen atoms in total. The van der Waals surface area contributed by atoms with Crippen molar-refractivity contribution < 1.29 is 9.47 Å². The number of ether oxygens (including phenoxy) is 2. The average Bonchev–Trinajstić information content (AvgIpc) is 1.76. The third-order valence-electron chi connectivity index (χ3n) is 0.539. The van der Waals surface area contributed by atoms with E-state index in [0.29, 0.717) is 6.79 Å². The zero-order valence-electron chi connectivity index (χ0n) is 3.75. The van der Waals surface area contributed by atoms with Gasteiger partial charge in [-0.1, -0.05) is 0 Å². The highest BCUT2D eigenvalue weighted by Gasteiger charge is 1.93. The molecule has 0 aromatic carbocycles. The van der Waals surface area contributed by atoms with E-state index in [0.717, 1.165) is 13.2 Å². The maximum Gasteiger partial charge on any atom is 0.146 e. The Balaban J connectivity index is 0. The molecule has 1 saturated heterocycles. The molecule has 0 aromatic heterocycles. The Morgan fingerprint density at radius 3 is 1.43 bits per heavy atom. The van der Waals surface area contributed by atoms with Crippen molar-refractivity contribution in [2.75, 3.05) is 20.0 Å². The van der Waals surface area contributed by atoms with Gasteiger partial charge in [-0.25, -0.2) is 0 Å². The van der Waals surface area contributed by atoms with E-state index in [-0.39, 0.29) is 24.8 Å². The monoisotopic (exact) mass is 146 g/mol. The lowest BCUT2D eigenvalue weighted by Crippen LogP contribution is -1.79. The molecule has 1 rings (SSSR count). The Labute approximate surface area is 55.0 Å². The molecule has 46 valence electrons. The minimum atomic E-state index is 0. The summed E-state index contributed by atoms with van der Waals surface area (Å²) in [5.41, 5.74) is 0. The predicted octanol–water partition coefficient (Wildman–Crippen LogP) is 0.834. The highest BCUT2D eigenvalue weighted by atomic mass is 35.5. The van der Waals surface area contributed by atoms with Crippen molar-refractivity contribution >= 4 is 24.8 Å². The van der Waals surface area contributed by atoms with Gasteiger partial charge in [0.2, 0.25) is 0 Å². The van der Waals surface area contributed by atoms with Gasteiger partial charge in [0, 0.05) is 0 Å². The first-order chi connectivity index (χ1) is 2.50. The van der Waals surface area contributed by atoms with E-state index in [4.69, 9.17) is 9.47 Å². The van der Waals surface area contributed by atoms with Crippen LogP contribution in [0, 0.1) is 0 Å². The van der Waals surface area contributed by atoms with E-state index in [1.54, 1.807) is 0 Å². The highest BCUT2D eigenvalue weighted by Crippen LogP contribution is 1.85. The van der Waals surface area contributed by atoms with Crippen LogP contribution in [-0.4, -0.2) is 20.0 Å². The Morgan fingerprint density at radius 1 is 0.857 bits per heavy atom. The molecule has 1 fully saturated rings. The van der Waals surface area contributed by atoms with Crippen LogP contribution in [0.5, 0.6) is 0 Å². The fourth-order valence-electron chi connectivity index (χ4n) is 0.295. The second-order valence-corrected chi connectivity index (χ2v) is 0.934. The SMILES string of the molecule is C1COCO1.Cl.Cl. The molecule has 0 radical (unpaired) electrons. The second-order valence-electron chi connectivity index (χ2n) is 0.934. The van der Waals surface area contributed by atoms with Gasteiger partial charge < -0.3 is 9.47 Å². The van der Waals surface area contributed by atoms with Crippen molar-refractivity contribution in [3.8, 4) is 0 Å². The van der Waals surface area contributed by atoms with Crippen molar-refractivity contribution in [1.29, 1.82) is 0 Å². The van der Waals surface area contributed by atoms with E-state index in [9.17, 15) is 0 Å². The van der Waals surface area contributed by atoms with E-state index >= 15 is 0 Å². The fraction of sp³-hybridized carbons (Fsp3) is 1.00. The van der Waals surface area contributed by atoms with Crippen LogP contribution in [-0.2, 0) is 9.47 Å². The molecule has 0 aliphatic carbocycles. The molecule has 0 unspecified atom stereocenters. The van der Waals surface area contributed by atoms with Gasteiger partial charge in [0.05, 0.1) is 13.2 Å². The van der Waals surface area contributed by atoms with Crippen LogP contribution in [0.2, 0.25) is 0 Å². The topological polar surface area (TPSA) is 18.5 Å². The van der Waals surface area contributed by atoms with Gasteiger partial charge in [-0.3, -0.25) is 0 Å². The summed E-state index contributed by atoms with van der Waals surface area (Å²) in [5, 5.41) is 0. The quantitative estimate of drug-likeness (QED) is 0.505. The van der Waals surface area contributed by atoms with Crippen molar-refractivity contribution in [2.45, 2.75) is 0 Å². The Morgan fingerprint density at radius 2 is 1.29 bits per heavy atom. The van der Waals surface area contributed by atoms with Gasteiger partial charge >= 0.3 is 0 Å². The Hall–Kier alpha value is 0.500. The van der Waals surface area contributed by atoms with E-state index in [1.807, 2.05) is 0 Å². The zero-order valence-corrected chi connectivity index (χ0v) is 5.39. The molecule has 1 aliphatic rings. The summed E-state index contributed by atoms with van der Waals surface area (Å²) in [7, 11) is 0. The van der Waals surface area contributed by atoms with Crippen LogP contribution in [0.15, 0.2) is 0 Å². The van der Waals surface area contributed by atoms with Gasteiger partial charge in [-0.05, 0) is 0 Å². The molecule has 0 N–H and O–H groups in total. The molecule has 0 saturated carbocycles. The fourth-order valence-corrected chi connectivity index (χ4v) is 0.295. The molecule has 7 heavy (non-hydrogen) atoms. The minimum absolute atomic E-state index is 0. The van der Waals surface area contributed by atoms with E-state index in [2.05, 4.69) is 0 Å². The maximum atomic E-state index is 4.72. The van der Waals surface area contributed by atoms with Crippen molar-refractivity contribution in [2.24, 2.45) is 0 Å². The molecular weight excluding hydrogens is 139 g/mol. The number of rotatable bonds is 0. The first-order valence-electron chi connectivity index (χ1n) is 1.65. The molecule has 1 heterocycles. The molecular formula is C3H8Cl2O2. The highest BCUT2D eigenvalue weighted by molar-refractivity contribution is 5.85. The summed E-state index contributed by atoms with van der Waals surface area (Å²) < 4.78 is 9.44. The Kier molecular flexibility index (Phi) is 9.73. The second kappa shape index (κ2) is 6.50. The Bertz CT molecular complexity index is 22.5. The van der Waals surface area contributed by atoms with Crippen LogP contribution in [0.3, 0.4) is 0 Å². The van der Waals surface area contributed by atoms with Crippen molar-refractivity contribution in [3.05, 3.63) is 0 Å². The summed E-state index contributed by atoms with van der Waals surface area (Å²) in [4.78, 5) is 0. The van der Waals surface area contributed by atoms with E-state index in [1.165, 1.54) is 0 Å². The third kappa shape index (κ3) is 4.35. The first-order valence-corrected chi connectivity index (χ1v) is 1.65. The van der Waals surface area contributed by atoms with Gasteiger partial charge in [-0.2, -0.15) is 0 Å². The lowest BCUT2D eigenvalue weighted by atomic mass is 10.8. The average molecular weight is 147 g/mol. The summed E-state index contributed by atoms with van der Waals surface area (Å²) in [6.45, 7) is 2.06. The number of halogens is 2. The smallest absolute Gasteiger partial charge is 0.146 e. The lowest BCUT2D eigenvalue weighted by molar-refractivity contribution is 0.0692. The third-order valence-corrected chi connectivity index (χ3v) is 0.539. The number of hydrogen-bond acceptors (Lipinski definition) is 2. The van der Waals surface area contributed by atoms with Crippen LogP contribution in [0.1, 0.15) is 0 Å². The van der Waals surface area contributed by atoms with Crippen LogP contribution in [0.25, 0.3) is 0 Å². The van der Waals surface area contributed by atoms with Gasteiger partial charge in [0.15, 0.2) is 0 Å². The predicted molar refractivity (Wildman–Crippen MR) is 31.3 cm³/mol. The molecule has 0 atom stereocenters. The molecule has 1 aliphatic heterocycles. The first kappa shape index (κ1) is 10.5. The molecule has 0 amide bonds. The zero-order chi connectivity index (χ0) is 3.54. The van der Waals surface area contributed by atoms with Crippen molar-refractivity contribution in [1.82, 2.24) is 0 Å². The molecule has 0 bridgehead atoms. The van der Waals surface area contributed by atoms with Gasteiger partial charge in [0.1, 0.15) is 6.79 Å². The van der Waals surface area contributed by atoms with Crippen molar-refractivity contribution in [3.63, 3.8) is 0 Å². The minimum Gasteiger partial charge on any atom is -0.353 e. The standard InChI is InChI=1S/C3H6O2.2ClH/c1-2-5-3-4-1;;/h1-3H2;2*1H. The van der Waals surface area contributed by atoms with Gasteiger partial charge in [-0.15, -0.1) is 24.8 Å². The van der Waals surface area contributed by atoms with Gasteiger partial charge in [0.25, 0.3) is 0 Å². The van der Waals surface area contributed by atoms with Crippen LogP contribution < -0.4 is 0 Å². The van der Waals surface area contributed by atoms with Crippen LogP contribution in [0.4, 0.5) is 0 Å². The summed E-state index contributed by atoms with van der Waals surface area (Å²) in [6, 6.07) is 0. The maximum absolute atomic E-state index is 4.72. The summed E-state index contributed by atoms with van der Waals surface area (Å²) in [6.07, 6.45) is 0. The number of hydrogen-bond donors (Lipinski definition) is 0. The largest absolute Gasteiger partial charge is 0.353 e. The molecule has 4 heteroatoms. The summed E-state index contributed by atoms with van der Waals surface area (Å²) >= 11 is 0. The van der Waals surface area contributed by atoms with Crippen LogP contribution >= 0.6 is 24.8 Å². The summed E-state index contributed by atoms with van der Waals surface area (Å²) in [5.74, 6) is 0. The molecule has 0 spiro atoms. The molecule has 0 aromatic rings. The lowest BCUT2D eigenvalue weighted by Gasteiger charge is -1.76. The normalized spacial score (nSPS) is 17.1.